The van der Waals surface area contributed by atoms with Crippen molar-refractivity contribution in [1.29, 1.82) is 0 Å². The molecule has 216 valence electrons. The number of anilines is 1. The molecular weight excluding hydrogens is 532 g/mol. The van der Waals surface area contributed by atoms with Gasteiger partial charge >= 0.3 is 5.76 Å². The third-order valence-corrected chi connectivity index (χ3v) is 8.19. The van der Waals surface area contributed by atoms with Gasteiger partial charge in [-0.2, -0.15) is 4.98 Å². The average molecular weight is 571 g/mol. The first-order chi connectivity index (χ1) is 19.4. The SMILES string of the molecule is CC[C@H](C)CCCC(C)n1c(N2CCOC3CCCC32)nc2nc(-c3noc(=O)[nH]3)nc(CC=N/C=C(\C)Cl)c21. The van der Waals surface area contributed by atoms with Gasteiger partial charge < -0.3 is 14.2 Å². The average Bonchev–Trinajstić information content (AvgIpc) is 3.68. The molecule has 3 aromatic heterocycles. The molecule has 1 saturated carbocycles. The van der Waals surface area contributed by atoms with Gasteiger partial charge in [-0.1, -0.05) is 49.9 Å². The zero-order valence-corrected chi connectivity index (χ0v) is 24.5. The van der Waals surface area contributed by atoms with Crippen LogP contribution in [0.3, 0.4) is 0 Å². The van der Waals surface area contributed by atoms with Gasteiger partial charge in [0.05, 0.1) is 24.4 Å². The number of hydrogen-bond acceptors (Lipinski definition) is 9. The minimum atomic E-state index is -0.661. The van der Waals surface area contributed by atoms with Gasteiger partial charge in [0.2, 0.25) is 17.6 Å². The minimum absolute atomic E-state index is 0.168. The zero-order chi connectivity index (χ0) is 28.2. The van der Waals surface area contributed by atoms with Crippen LogP contribution >= 0.6 is 11.6 Å². The highest BCUT2D eigenvalue weighted by atomic mass is 35.5. The second-order valence-corrected chi connectivity index (χ2v) is 11.6. The van der Waals surface area contributed by atoms with Crippen LogP contribution in [0.2, 0.25) is 0 Å². The highest BCUT2D eigenvalue weighted by molar-refractivity contribution is 6.29. The van der Waals surface area contributed by atoms with Crippen LogP contribution in [0, 0.1) is 5.92 Å². The van der Waals surface area contributed by atoms with E-state index in [2.05, 4.69) is 45.4 Å². The molecule has 4 heterocycles. The van der Waals surface area contributed by atoms with Crippen LogP contribution in [-0.2, 0) is 11.2 Å². The number of nitrogens with zero attached hydrogens (tertiary/aromatic N) is 7. The van der Waals surface area contributed by atoms with Gasteiger partial charge in [-0.3, -0.25) is 14.5 Å². The number of rotatable bonds is 11. The number of fused-ring (bicyclic) bond motifs is 2. The summed E-state index contributed by atoms with van der Waals surface area (Å²) in [6.07, 6.45) is 11.8. The van der Waals surface area contributed by atoms with Crippen molar-refractivity contribution in [2.24, 2.45) is 10.9 Å². The lowest BCUT2D eigenvalue weighted by Crippen LogP contribution is -2.49. The first-order valence-corrected chi connectivity index (χ1v) is 14.8. The molecule has 1 aliphatic heterocycles. The maximum Gasteiger partial charge on any atom is 0.439 e. The fourth-order valence-electron chi connectivity index (χ4n) is 5.82. The molecule has 1 N–H and O–H groups in total. The summed E-state index contributed by atoms with van der Waals surface area (Å²) in [5, 5.41) is 4.41. The number of aromatic nitrogens is 6. The van der Waals surface area contributed by atoms with Crippen LogP contribution in [0.15, 0.2) is 25.5 Å². The standard InChI is InChI=1S/C28H39ClN8O3/c1-5-17(2)8-6-9-19(4)37-23-20(12-13-30-16-18(3)29)31-25(26-34-28(38)40-35-26)32-24(23)33-27(37)36-14-15-39-22-11-7-10-21(22)36/h13,16-17,19,21-22H,5-12,14-15H2,1-4H3,(H,34,35,38)/b18-16+,30-13?/t17-,19?,21?,22?/m0/s1. The van der Waals surface area contributed by atoms with Gasteiger partial charge in [0, 0.05) is 36.5 Å². The van der Waals surface area contributed by atoms with Gasteiger partial charge in [0.15, 0.2) is 5.65 Å². The number of ether oxygens (including phenoxy) is 1. The van der Waals surface area contributed by atoms with Gasteiger partial charge in [0.1, 0.15) is 5.52 Å². The summed E-state index contributed by atoms with van der Waals surface area (Å²) in [5.74, 6) is 1.37. The van der Waals surface area contributed by atoms with Crippen LogP contribution in [0.5, 0.6) is 0 Å². The maximum absolute atomic E-state index is 11.7. The van der Waals surface area contributed by atoms with Crippen molar-refractivity contribution in [3.8, 4) is 11.6 Å². The van der Waals surface area contributed by atoms with Gasteiger partial charge in [-0.05, 0) is 45.4 Å². The Morgan fingerprint density at radius 3 is 2.85 bits per heavy atom. The number of aromatic amines is 1. The summed E-state index contributed by atoms with van der Waals surface area (Å²) < 4.78 is 13.2. The van der Waals surface area contributed by atoms with Gasteiger partial charge in [-0.15, -0.1) is 0 Å². The van der Waals surface area contributed by atoms with E-state index < -0.39 is 5.76 Å². The van der Waals surface area contributed by atoms with Crippen LogP contribution in [0.1, 0.15) is 84.4 Å². The molecule has 40 heavy (non-hydrogen) atoms. The summed E-state index contributed by atoms with van der Waals surface area (Å²) in [6, 6.07) is 0.464. The summed E-state index contributed by atoms with van der Waals surface area (Å²) in [7, 11) is 0. The van der Waals surface area contributed by atoms with E-state index in [1.807, 2.05) is 0 Å². The largest absolute Gasteiger partial charge is 0.439 e. The second kappa shape index (κ2) is 12.6. The molecule has 0 aromatic carbocycles. The number of nitrogens with one attached hydrogen (secondary N) is 1. The van der Waals surface area contributed by atoms with E-state index in [4.69, 9.17) is 35.8 Å². The number of morpholine rings is 1. The lowest BCUT2D eigenvalue weighted by molar-refractivity contribution is 0.0246. The molecule has 2 aliphatic rings. The predicted molar refractivity (Wildman–Crippen MR) is 156 cm³/mol. The molecule has 3 aromatic rings. The van der Waals surface area contributed by atoms with Crippen molar-refractivity contribution in [2.45, 2.75) is 97.2 Å². The molecule has 0 spiro atoms. The van der Waals surface area contributed by atoms with Crippen molar-refractivity contribution in [2.75, 3.05) is 18.1 Å². The van der Waals surface area contributed by atoms with Gasteiger partial charge in [-0.25, -0.2) is 14.8 Å². The Labute approximate surface area is 239 Å². The third kappa shape index (κ3) is 6.15. The Morgan fingerprint density at radius 1 is 1.25 bits per heavy atom. The molecule has 5 rings (SSSR count). The van der Waals surface area contributed by atoms with Crippen molar-refractivity contribution in [1.82, 2.24) is 29.7 Å². The molecule has 0 radical (unpaired) electrons. The minimum Gasteiger partial charge on any atom is -0.374 e. The fraction of sp³-hybridized carbons (Fsp3) is 0.643. The van der Waals surface area contributed by atoms with Crippen molar-refractivity contribution in [3.63, 3.8) is 0 Å². The first-order valence-electron chi connectivity index (χ1n) is 14.4. The molecule has 2 fully saturated rings. The van der Waals surface area contributed by atoms with Crippen molar-refractivity contribution < 1.29 is 9.26 Å². The maximum atomic E-state index is 11.7. The van der Waals surface area contributed by atoms with E-state index in [1.165, 1.54) is 12.8 Å². The first kappa shape index (κ1) is 28.5. The molecule has 12 heteroatoms. The zero-order valence-electron chi connectivity index (χ0n) is 23.8. The van der Waals surface area contributed by atoms with Crippen molar-refractivity contribution >= 4 is 34.9 Å². The Kier molecular flexibility index (Phi) is 9.00. The molecule has 1 aliphatic carbocycles. The highest BCUT2D eigenvalue weighted by Crippen LogP contribution is 2.37. The molecule has 1 saturated heterocycles. The number of aliphatic imine (C=N–C) groups is 1. The second-order valence-electron chi connectivity index (χ2n) is 11.0. The summed E-state index contributed by atoms with van der Waals surface area (Å²) in [4.78, 5) is 35.8. The Bertz CT molecular complexity index is 1420. The normalized spacial score (nSPS) is 21.4. The molecule has 0 bridgehead atoms. The Balaban J connectivity index is 1.63. The third-order valence-electron chi connectivity index (χ3n) is 8.09. The Hall–Kier alpha value is -3.05. The molecule has 4 atom stereocenters. The molecule has 11 nitrogen and oxygen atoms in total. The van der Waals surface area contributed by atoms with Crippen LogP contribution in [0.25, 0.3) is 22.8 Å². The van der Waals surface area contributed by atoms with Crippen LogP contribution in [-0.4, -0.2) is 61.2 Å². The number of halogens is 1. The van der Waals surface area contributed by atoms with E-state index >= 15 is 0 Å². The summed E-state index contributed by atoms with van der Waals surface area (Å²) >= 11 is 5.98. The number of imidazole rings is 1. The smallest absolute Gasteiger partial charge is 0.374 e. The van der Waals surface area contributed by atoms with E-state index in [0.29, 0.717) is 29.6 Å². The molecular formula is C28H39ClN8O3. The lowest BCUT2D eigenvalue weighted by atomic mass is 9.99. The van der Waals surface area contributed by atoms with E-state index in [1.54, 1.807) is 19.3 Å². The highest BCUT2D eigenvalue weighted by Gasteiger charge is 2.39. The van der Waals surface area contributed by atoms with Crippen molar-refractivity contribution in [3.05, 3.63) is 27.5 Å². The Morgan fingerprint density at radius 2 is 2.10 bits per heavy atom. The quantitative estimate of drug-likeness (QED) is 0.303. The number of hydrogen-bond donors (Lipinski definition) is 1. The van der Waals surface area contributed by atoms with E-state index in [9.17, 15) is 4.79 Å². The monoisotopic (exact) mass is 570 g/mol. The topological polar surface area (TPSA) is 127 Å². The fourth-order valence-corrected chi connectivity index (χ4v) is 5.88. The predicted octanol–water partition coefficient (Wildman–Crippen LogP) is 5.42. The molecule has 0 amide bonds. The molecule has 3 unspecified atom stereocenters. The summed E-state index contributed by atoms with van der Waals surface area (Å²) in [5.41, 5.74) is 2.18. The lowest BCUT2D eigenvalue weighted by Gasteiger charge is -2.39. The van der Waals surface area contributed by atoms with Crippen LogP contribution in [0.4, 0.5) is 5.95 Å². The van der Waals surface area contributed by atoms with E-state index in [-0.39, 0.29) is 29.8 Å². The summed E-state index contributed by atoms with van der Waals surface area (Å²) in [6.45, 7) is 10.0. The van der Waals surface area contributed by atoms with Gasteiger partial charge in [0.25, 0.3) is 0 Å². The van der Waals surface area contributed by atoms with E-state index in [0.717, 1.165) is 55.8 Å². The number of H-pyrrole nitrogens is 1. The van der Waals surface area contributed by atoms with Crippen LogP contribution < -0.4 is 10.7 Å². The number of allylic oxidation sites excluding steroid dienone is 1.